The van der Waals surface area contributed by atoms with E-state index < -0.39 is 0 Å². The van der Waals surface area contributed by atoms with Gasteiger partial charge in [0.25, 0.3) is 0 Å². The number of hydrogen-bond acceptors (Lipinski definition) is 2. The van der Waals surface area contributed by atoms with Gasteiger partial charge in [0.15, 0.2) is 0 Å². The number of aliphatic hydroxyl groups excluding tert-OH is 1. The number of hydrogen-bond donors (Lipinski definition) is 1. The van der Waals surface area contributed by atoms with Crippen molar-refractivity contribution in [3.63, 3.8) is 0 Å². The Balaban J connectivity index is 1.85. The van der Waals surface area contributed by atoms with E-state index in [9.17, 15) is 5.11 Å². The predicted molar refractivity (Wildman–Crippen MR) is 62.4 cm³/mol. The minimum atomic E-state index is -0.185. The summed E-state index contributed by atoms with van der Waals surface area (Å²) >= 11 is 0. The lowest BCUT2D eigenvalue weighted by molar-refractivity contribution is 0.0692. The van der Waals surface area contributed by atoms with Crippen LogP contribution in [-0.4, -0.2) is 21.0 Å². The summed E-state index contributed by atoms with van der Waals surface area (Å²) in [5.74, 6) is 0. The summed E-state index contributed by atoms with van der Waals surface area (Å²) in [4.78, 5) is 0. The lowest BCUT2D eigenvalue weighted by Gasteiger charge is -2.27. The molecule has 1 fully saturated rings. The molecule has 0 aliphatic heterocycles. The van der Waals surface area contributed by atoms with E-state index in [0.717, 1.165) is 19.3 Å². The molecule has 2 atom stereocenters. The van der Waals surface area contributed by atoms with Gasteiger partial charge in [0.2, 0.25) is 0 Å². The molecule has 1 aromatic rings. The zero-order valence-electron chi connectivity index (χ0n) is 9.73. The van der Waals surface area contributed by atoms with E-state index in [4.69, 9.17) is 0 Å². The van der Waals surface area contributed by atoms with E-state index >= 15 is 0 Å². The summed E-state index contributed by atoms with van der Waals surface area (Å²) in [5, 5.41) is 14.7. The van der Waals surface area contributed by atoms with Gasteiger partial charge >= 0.3 is 0 Å². The zero-order valence-corrected chi connectivity index (χ0v) is 9.73. The van der Waals surface area contributed by atoms with Crippen LogP contribution in [-0.2, 0) is 12.8 Å². The van der Waals surface area contributed by atoms with Crippen LogP contribution in [0.25, 0.3) is 0 Å². The molecule has 0 unspecified atom stereocenters. The fourth-order valence-corrected chi connectivity index (χ4v) is 3.06. The Bertz CT molecular complexity index is 349. The van der Waals surface area contributed by atoms with Gasteiger partial charge in [-0.2, -0.15) is 5.10 Å². The van der Waals surface area contributed by atoms with Crippen molar-refractivity contribution in [1.82, 2.24) is 9.78 Å². The summed E-state index contributed by atoms with van der Waals surface area (Å²) in [6.45, 7) is 0. The van der Waals surface area contributed by atoms with Gasteiger partial charge in [0.05, 0.1) is 17.8 Å². The van der Waals surface area contributed by atoms with Crippen molar-refractivity contribution in [2.45, 2.75) is 63.5 Å². The first-order valence-electron chi connectivity index (χ1n) is 6.59. The van der Waals surface area contributed by atoms with E-state index in [1.54, 1.807) is 0 Å². The SMILES string of the molecule is O[C@H]1CCCC[C@@H]1n1cc2c(n1)CCCC2. The van der Waals surface area contributed by atoms with Crippen molar-refractivity contribution in [3.8, 4) is 0 Å². The van der Waals surface area contributed by atoms with Crippen molar-refractivity contribution in [2.75, 3.05) is 0 Å². The summed E-state index contributed by atoms with van der Waals surface area (Å²) in [6.07, 6.45) is 11.3. The van der Waals surface area contributed by atoms with E-state index in [1.165, 1.54) is 43.4 Å². The van der Waals surface area contributed by atoms with Gasteiger partial charge in [-0.1, -0.05) is 12.8 Å². The zero-order chi connectivity index (χ0) is 11.0. The Morgan fingerprint density at radius 3 is 2.75 bits per heavy atom. The summed E-state index contributed by atoms with van der Waals surface area (Å²) in [6, 6.07) is 0.236. The molecule has 0 spiro atoms. The van der Waals surface area contributed by atoms with Crippen LogP contribution in [0.5, 0.6) is 0 Å². The van der Waals surface area contributed by atoms with E-state index in [-0.39, 0.29) is 12.1 Å². The van der Waals surface area contributed by atoms with Crippen LogP contribution in [0.1, 0.15) is 55.8 Å². The van der Waals surface area contributed by atoms with Crippen LogP contribution in [0.3, 0.4) is 0 Å². The molecule has 2 aliphatic rings. The maximum absolute atomic E-state index is 10.0. The highest BCUT2D eigenvalue weighted by molar-refractivity contribution is 5.20. The van der Waals surface area contributed by atoms with Crippen molar-refractivity contribution in [3.05, 3.63) is 17.5 Å². The maximum Gasteiger partial charge on any atom is 0.0778 e. The first-order chi connectivity index (χ1) is 7.84. The third kappa shape index (κ3) is 1.77. The molecule has 1 aromatic heterocycles. The average molecular weight is 220 g/mol. The summed E-state index contributed by atoms with van der Waals surface area (Å²) in [7, 11) is 0. The van der Waals surface area contributed by atoms with Gasteiger partial charge in [0, 0.05) is 6.20 Å². The molecule has 0 amide bonds. The van der Waals surface area contributed by atoms with E-state index in [0.29, 0.717) is 0 Å². The van der Waals surface area contributed by atoms with Crippen molar-refractivity contribution >= 4 is 0 Å². The maximum atomic E-state index is 10.0. The van der Waals surface area contributed by atoms with Gasteiger partial charge in [0.1, 0.15) is 0 Å². The highest BCUT2D eigenvalue weighted by atomic mass is 16.3. The fraction of sp³-hybridized carbons (Fsp3) is 0.769. The molecule has 1 saturated carbocycles. The van der Waals surface area contributed by atoms with Crippen LogP contribution in [0.2, 0.25) is 0 Å². The highest BCUT2D eigenvalue weighted by Gasteiger charge is 2.26. The van der Waals surface area contributed by atoms with Gasteiger partial charge in [-0.05, 0) is 44.1 Å². The lowest BCUT2D eigenvalue weighted by atomic mass is 9.93. The molecule has 1 N–H and O–H groups in total. The largest absolute Gasteiger partial charge is 0.391 e. The molecule has 88 valence electrons. The van der Waals surface area contributed by atoms with E-state index in [2.05, 4.69) is 16.0 Å². The molecule has 0 saturated heterocycles. The summed E-state index contributed by atoms with van der Waals surface area (Å²) in [5.41, 5.74) is 2.70. The average Bonchev–Trinajstić information content (AvgIpc) is 2.73. The first-order valence-corrected chi connectivity index (χ1v) is 6.59. The van der Waals surface area contributed by atoms with Crippen molar-refractivity contribution < 1.29 is 5.11 Å². The fourth-order valence-electron chi connectivity index (χ4n) is 3.06. The third-order valence-electron chi connectivity index (χ3n) is 4.04. The van der Waals surface area contributed by atoms with Gasteiger partial charge in [-0.15, -0.1) is 0 Å². The molecular formula is C13H20N2O. The molecular weight excluding hydrogens is 200 g/mol. The second-order valence-corrected chi connectivity index (χ2v) is 5.21. The molecule has 3 nitrogen and oxygen atoms in total. The van der Waals surface area contributed by atoms with Gasteiger partial charge < -0.3 is 5.11 Å². The van der Waals surface area contributed by atoms with E-state index in [1.807, 2.05) is 0 Å². The minimum Gasteiger partial charge on any atom is -0.391 e. The number of rotatable bonds is 1. The lowest BCUT2D eigenvalue weighted by Crippen LogP contribution is -2.27. The third-order valence-corrected chi connectivity index (χ3v) is 4.04. The smallest absolute Gasteiger partial charge is 0.0778 e. The molecule has 3 heteroatoms. The topological polar surface area (TPSA) is 38.0 Å². The van der Waals surface area contributed by atoms with Crippen molar-refractivity contribution in [1.29, 1.82) is 0 Å². The molecule has 3 rings (SSSR count). The molecule has 2 aliphatic carbocycles. The number of fused-ring (bicyclic) bond motifs is 1. The number of aliphatic hydroxyl groups is 1. The Morgan fingerprint density at radius 1 is 1.12 bits per heavy atom. The second-order valence-electron chi connectivity index (χ2n) is 5.21. The molecule has 0 radical (unpaired) electrons. The van der Waals surface area contributed by atoms with Crippen LogP contribution in [0, 0.1) is 0 Å². The summed E-state index contributed by atoms with van der Waals surface area (Å²) < 4.78 is 2.06. The highest BCUT2D eigenvalue weighted by Crippen LogP contribution is 2.30. The van der Waals surface area contributed by atoms with Crippen molar-refractivity contribution in [2.24, 2.45) is 0 Å². The van der Waals surface area contributed by atoms with Gasteiger partial charge in [-0.25, -0.2) is 0 Å². The minimum absolute atomic E-state index is 0.185. The van der Waals surface area contributed by atoms with Crippen LogP contribution >= 0.6 is 0 Å². The predicted octanol–water partition coefficient (Wildman–Crippen LogP) is 2.24. The first kappa shape index (κ1) is 10.3. The monoisotopic (exact) mass is 220 g/mol. The molecule has 1 heterocycles. The van der Waals surface area contributed by atoms with Crippen LogP contribution in [0.4, 0.5) is 0 Å². The normalized spacial score (nSPS) is 30.1. The number of aryl methyl sites for hydroxylation is 2. The Labute approximate surface area is 96.5 Å². The quantitative estimate of drug-likeness (QED) is 0.788. The molecule has 0 bridgehead atoms. The van der Waals surface area contributed by atoms with Crippen LogP contribution < -0.4 is 0 Å². The second kappa shape index (κ2) is 4.21. The number of aromatic nitrogens is 2. The molecule has 0 aromatic carbocycles. The molecule has 16 heavy (non-hydrogen) atoms. The Morgan fingerprint density at radius 2 is 1.94 bits per heavy atom. The number of nitrogens with zero attached hydrogens (tertiary/aromatic N) is 2. The van der Waals surface area contributed by atoms with Crippen LogP contribution in [0.15, 0.2) is 6.20 Å². The Kier molecular flexibility index (Phi) is 2.72. The Hall–Kier alpha value is -0.830. The standard InChI is InChI=1S/C13H20N2O/c16-13-8-4-3-7-12(13)15-9-10-5-1-2-6-11(10)14-15/h9,12-13,16H,1-8H2/t12-,13-/m0/s1. The van der Waals surface area contributed by atoms with Gasteiger partial charge in [-0.3, -0.25) is 4.68 Å².